The molecule has 0 radical (unpaired) electrons. The van der Waals surface area contributed by atoms with Crippen LogP contribution in [0.5, 0.6) is 5.75 Å². The van der Waals surface area contributed by atoms with E-state index in [0.29, 0.717) is 5.75 Å². The molecule has 0 saturated heterocycles. The molecule has 4 aromatic rings. The van der Waals surface area contributed by atoms with Gasteiger partial charge in [-0.05, 0) is 71.9 Å². The zero-order valence-electron chi connectivity index (χ0n) is 19.0. The predicted octanol–water partition coefficient (Wildman–Crippen LogP) is 7.24. The lowest BCUT2D eigenvalue weighted by Crippen LogP contribution is -2.31. The summed E-state index contributed by atoms with van der Waals surface area (Å²) in [5, 5.41) is 3.25. The van der Waals surface area contributed by atoms with Gasteiger partial charge in [-0.3, -0.25) is 0 Å². The molecule has 1 nitrogen and oxygen atoms in total. The average Bonchev–Trinajstić information content (AvgIpc) is 2.87. The molecule has 0 aromatic heterocycles. The Morgan fingerprint density at radius 3 is 1.97 bits per heavy atom. The molecule has 0 aliphatic heterocycles. The van der Waals surface area contributed by atoms with Crippen LogP contribution in [0.3, 0.4) is 0 Å². The van der Waals surface area contributed by atoms with Crippen LogP contribution in [0.1, 0.15) is 0 Å². The van der Waals surface area contributed by atoms with Crippen LogP contribution >= 0.6 is 19.0 Å². The van der Waals surface area contributed by atoms with Gasteiger partial charge in [0.1, 0.15) is 42.2 Å². The quantitative estimate of drug-likeness (QED) is 0.139. The van der Waals surface area contributed by atoms with Crippen molar-refractivity contribution in [1.82, 2.24) is 0 Å². The molecule has 1 atom stereocenters. The monoisotopic (exact) mass is 514 g/mol. The molecule has 0 fully saturated rings. The van der Waals surface area contributed by atoms with Crippen LogP contribution in [0, 0.1) is 0 Å². The molecule has 0 saturated carbocycles. The van der Waals surface area contributed by atoms with Crippen molar-refractivity contribution in [3.63, 3.8) is 0 Å². The van der Waals surface area contributed by atoms with Crippen molar-refractivity contribution < 1.29 is 22.3 Å². The van der Waals surface area contributed by atoms with Gasteiger partial charge >= 0.3 is 5.51 Å². The van der Waals surface area contributed by atoms with E-state index in [1.54, 1.807) is 12.1 Å². The third-order valence-electron chi connectivity index (χ3n) is 5.76. The van der Waals surface area contributed by atoms with E-state index in [9.17, 15) is 17.6 Å². The number of hydrogen-bond donors (Lipinski definition) is 0. The molecule has 4 rings (SSSR count). The first-order valence-electron chi connectivity index (χ1n) is 11.0. The maximum atomic E-state index is 12.9. The van der Waals surface area contributed by atoms with E-state index in [1.165, 1.54) is 0 Å². The van der Waals surface area contributed by atoms with Crippen LogP contribution in [-0.4, -0.2) is 25.5 Å². The zero-order valence-corrected chi connectivity index (χ0v) is 20.7. The fourth-order valence-corrected chi connectivity index (χ4v) is 8.07. The molecule has 0 bridgehead atoms. The van der Waals surface area contributed by atoms with E-state index in [4.69, 9.17) is 4.74 Å². The van der Waals surface area contributed by atoms with Crippen molar-refractivity contribution in [1.29, 1.82) is 0 Å². The molecular weight excluding hydrogens is 490 g/mol. The molecule has 180 valence electrons. The SMILES string of the molecule is C[P+](c1ccccc1)(c1ccc(SC(F)(F)F)cc1)c1ccccc1-c1ccc(OCC[18F])cc1. The minimum atomic E-state index is -4.33. The lowest BCUT2D eigenvalue weighted by molar-refractivity contribution is -0.0328. The highest BCUT2D eigenvalue weighted by Crippen LogP contribution is 2.53. The average molecular weight is 515 g/mol. The molecule has 7 heteroatoms. The molecule has 0 heterocycles. The first-order chi connectivity index (χ1) is 16.8. The third-order valence-corrected chi connectivity index (χ3v) is 10.5. The normalized spacial score (nSPS) is 13.3. The number of thioether (sulfide) groups is 1. The summed E-state index contributed by atoms with van der Waals surface area (Å²) >= 11 is -0.104. The molecule has 35 heavy (non-hydrogen) atoms. The maximum absolute atomic E-state index is 12.9. The highest BCUT2D eigenvalue weighted by Gasteiger charge is 2.42. The van der Waals surface area contributed by atoms with Crippen molar-refractivity contribution in [3.05, 3.63) is 103 Å². The first-order valence-corrected chi connectivity index (χ1v) is 14.0. The van der Waals surface area contributed by atoms with Gasteiger partial charge in [-0.2, -0.15) is 13.2 Å². The molecule has 0 aliphatic rings. The molecule has 0 spiro atoms. The second-order valence-electron chi connectivity index (χ2n) is 7.96. The van der Waals surface area contributed by atoms with Crippen molar-refractivity contribution in [3.8, 4) is 16.9 Å². The number of benzene rings is 4. The lowest BCUT2D eigenvalue weighted by atomic mass is 10.1. The summed E-state index contributed by atoms with van der Waals surface area (Å²) in [6.45, 7) is 1.66. The molecular formula is C28H24F4OPS+. The Morgan fingerprint density at radius 2 is 1.34 bits per heavy atom. The van der Waals surface area contributed by atoms with Crippen molar-refractivity contribution >= 4 is 34.9 Å². The molecule has 0 aliphatic carbocycles. The van der Waals surface area contributed by atoms with Gasteiger partial charge in [0.2, 0.25) is 0 Å². The van der Waals surface area contributed by atoms with Crippen LogP contribution in [0.15, 0.2) is 108 Å². The molecule has 0 N–H and O–H groups in total. The summed E-state index contributed by atoms with van der Waals surface area (Å²) < 4.78 is 56.5. The van der Waals surface area contributed by atoms with Gasteiger partial charge in [-0.1, -0.05) is 48.5 Å². The Bertz CT molecular complexity index is 1240. The Labute approximate surface area is 207 Å². The Morgan fingerprint density at radius 1 is 0.743 bits per heavy atom. The lowest BCUT2D eigenvalue weighted by Gasteiger charge is -2.25. The van der Waals surface area contributed by atoms with E-state index in [-0.39, 0.29) is 23.3 Å². The Hall–Kier alpha value is -2.82. The predicted molar refractivity (Wildman–Crippen MR) is 140 cm³/mol. The number of halogens is 4. The Kier molecular flexibility index (Phi) is 7.83. The van der Waals surface area contributed by atoms with E-state index >= 15 is 0 Å². The topological polar surface area (TPSA) is 9.23 Å². The number of rotatable bonds is 8. The number of hydrogen-bond acceptors (Lipinski definition) is 2. The standard InChI is InChI=1S/C28H24F4OPS/c1-34(23-7-3-2-4-8-23,24-15-17-25(18-16-24)35-28(30,31)32)27-10-6-5-9-26(27)21-11-13-22(14-12-21)33-20-19-29/h2-18H,19-20H2,1H3/q+1/i29-1. The molecule has 4 aromatic carbocycles. The third kappa shape index (κ3) is 5.88. The summed E-state index contributed by atoms with van der Waals surface area (Å²) in [6, 6.07) is 32.5. The van der Waals surface area contributed by atoms with Gasteiger partial charge in [0.25, 0.3) is 0 Å². The highest BCUT2D eigenvalue weighted by molar-refractivity contribution is 8.00. The van der Waals surface area contributed by atoms with Gasteiger partial charge in [0.15, 0.2) is 0 Å². The summed E-state index contributed by atoms with van der Waals surface area (Å²) in [5.74, 6) is 0.599. The van der Waals surface area contributed by atoms with Crippen LogP contribution in [0.2, 0.25) is 0 Å². The summed E-state index contributed by atoms with van der Waals surface area (Å²) in [5.41, 5.74) is -2.30. The highest BCUT2D eigenvalue weighted by atomic mass is 32.2. The molecule has 0 amide bonds. The first kappa shape index (κ1) is 25.3. The van der Waals surface area contributed by atoms with E-state index in [0.717, 1.165) is 27.0 Å². The van der Waals surface area contributed by atoms with Crippen molar-refractivity contribution in [2.45, 2.75) is 10.4 Å². The second-order valence-corrected chi connectivity index (χ2v) is 12.6. The van der Waals surface area contributed by atoms with Crippen molar-refractivity contribution in [2.75, 3.05) is 19.9 Å². The maximum Gasteiger partial charge on any atom is 0.446 e. The van der Waals surface area contributed by atoms with Gasteiger partial charge in [0, 0.05) is 10.5 Å². The Balaban J connectivity index is 1.82. The van der Waals surface area contributed by atoms with Crippen LogP contribution < -0.4 is 20.7 Å². The minimum absolute atomic E-state index is 0.0101. The van der Waals surface area contributed by atoms with Crippen LogP contribution in [0.25, 0.3) is 11.1 Å². The van der Waals surface area contributed by atoms with Crippen LogP contribution in [0.4, 0.5) is 17.6 Å². The fourth-order valence-electron chi connectivity index (χ4n) is 4.09. The van der Waals surface area contributed by atoms with Gasteiger partial charge in [0.05, 0.1) is 6.66 Å². The van der Waals surface area contributed by atoms with Crippen molar-refractivity contribution in [2.24, 2.45) is 0 Å². The number of alkyl halides is 4. The van der Waals surface area contributed by atoms with Gasteiger partial charge in [-0.25, -0.2) is 4.39 Å². The molecule has 1 unspecified atom stereocenters. The van der Waals surface area contributed by atoms with E-state index in [2.05, 4.69) is 30.9 Å². The largest absolute Gasteiger partial charge is 0.491 e. The van der Waals surface area contributed by atoms with Crippen LogP contribution in [-0.2, 0) is 0 Å². The van der Waals surface area contributed by atoms with E-state index in [1.807, 2.05) is 66.7 Å². The zero-order chi connectivity index (χ0) is 24.9. The second kappa shape index (κ2) is 10.8. The smallest absolute Gasteiger partial charge is 0.446 e. The summed E-state index contributed by atoms with van der Waals surface area (Å²) in [4.78, 5) is 0.165. The van der Waals surface area contributed by atoms with Gasteiger partial charge in [-0.15, -0.1) is 0 Å². The summed E-state index contributed by atoms with van der Waals surface area (Å²) in [6.07, 6.45) is 0. The summed E-state index contributed by atoms with van der Waals surface area (Å²) in [7, 11) is -2.20. The number of ether oxygens (including phenoxy) is 1. The van der Waals surface area contributed by atoms with Gasteiger partial charge < -0.3 is 4.74 Å². The van der Waals surface area contributed by atoms with E-state index < -0.39 is 19.4 Å². The fraction of sp³-hybridized carbons (Fsp3) is 0.143. The minimum Gasteiger partial charge on any atom is -0.491 e.